The Morgan fingerprint density at radius 3 is 2.33 bits per heavy atom. The van der Waals surface area contributed by atoms with Crippen LogP contribution < -0.4 is 5.32 Å². The number of rotatable bonds is 6. The second-order valence-corrected chi connectivity index (χ2v) is 5.17. The number of halogens is 3. The van der Waals surface area contributed by atoms with E-state index in [-0.39, 0.29) is 0 Å². The minimum atomic E-state index is -0.925. The number of hydrogen-bond acceptors (Lipinski definition) is 2. The van der Waals surface area contributed by atoms with Gasteiger partial charge in [-0.05, 0) is 18.6 Å². The second-order valence-electron chi connectivity index (χ2n) is 3.92. The zero-order chi connectivity index (χ0) is 13.7. The molecule has 0 fully saturated rings. The van der Waals surface area contributed by atoms with Crippen LogP contribution in [0.2, 0.25) is 15.1 Å². The minimum absolute atomic E-state index is 0.315. The van der Waals surface area contributed by atoms with Gasteiger partial charge in [0.15, 0.2) is 0 Å². The van der Waals surface area contributed by atoms with Crippen molar-refractivity contribution in [2.24, 2.45) is 0 Å². The summed E-state index contributed by atoms with van der Waals surface area (Å²) in [5, 5.41) is 13.0. The van der Waals surface area contributed by atoms with Crippen LogP contribution in [-0.2, 0) is 4.79 Å². The molecule has 0 aliphatic heterocycles. The molecule has 0 aromatic heterocycles. The van der Waals surface area contributed by atoms with Crippen molar-refractivity contribution < 1.29 is 9.90 Å². The lowest BCUT2D eigenvalue weighted by Gasteiger charge is -2.17. The molecular weight excluding hydrogens is 296 g/mol. The molecule has 3 nitrogen and oxygen atoms in total. The lowest BCUT2D eigenvalue weighted by atomic mass is 10.1. The molecule has 0 spiro atoms. The van der Waals surface area contributed by atoms with Gasteiger partial charge in [0.05, 0.1) is 15.7 Å². The topological polar surface area (TPSA) is 49.3 Å². The molecule has 0 saturated heterocycles. The quantitative estimate of drug-likeness (QED) is 0.800. The zero-order valence-corrected chi connectivity index (χ0v) is 12.1. The number of nitrogens with one attached hydrogen (secondary N) is 1. The lowest BCUT2D eigenvalue weighted by molar-refractivity contribution is -0.138. The Balaban J connectivity index is 2.90. The number of unbranched alkanes of at least 4 members (excludes halogenated alkanes) is 1. The number of carboxylic acid groups (broad SMARTS) is 1. The van der Waals surface area contributed by atoms with Crippen LogP contribution in [0.15, 0.2) is 12.1 Å². The van der Waals surface area contributed by atoms with Gasteiger partial charge in [-0.25, -0.2) is 4.79 Å². The van der Waals surface area contributed by atoms with Crippen molar-refractivity contribution in [3.05, 3.63) is 27.2 Å². The average Bonchev–Trinajstić information content (AvgIpc) is 2.26. The van der Waals surface area contributed by atoms with Crippen LogP contribution in [0.1, 0.15) is 26.2 Å². The van der Waals surface area contributed by atoms with Crippen molar-refractivity contribution in [1.82, 2.24) is 0 Å². The predicted octanol–water partition coefficient (Wildman–Crippen LogP) is 4.70. The van der Waals surface area contributed by atoms with Crippen LogP contribution in [-0.4, -0.2) is 17.1 Å². The van der Waals surface area contributed by atoms with Gasteiger partial charge in [0, 0.05) is 5.02 Å². The summed E-state index contributed by atoms with van der Waals surface area (Å²) in [7, 11) is 0. The first kappa shape index (κ1) is 15.4. The van der Waals surface area contributed by atoms with E-state index in [1.807, 2.05) is 6.92 Å². The maximum absolute atomic E-state index is 11.1. The average molecular weight is 311 g/mol. The predicted molar refractivity (Wildman–Crippen MR) is 76.0 cm³/mol. The van der Waals surface area contributed by atoms with E-state index in [0.29, 0.717) is 27.2 Å². The Labute approximate surface area is 121 Å². The van der Waals surface area contributed by atoms with Crippen LogP contribution in [0.25, 0.3) is 0 Å². The number of anilines is 1. The molecule has 0 saturated carbocycles. The molecule has 2 N–H and O–H groups in total. The van der Waals surface area contributed by atoms with Gasteiger partial charge in [-0.2, -0.15) is 0 Å². The maximum Gasteiger partial charge on any atom is 0.326 e. The normalized spacial score (nSPS) is 12.2. The highest BCUT2D eigenvalue weighted by Gasteiger charge is 2.19. The van der Waals surface area contributed by atoms with Gasteiger partial charge in [-0.1, -0.05) is 54.6 Å². The van der Waals surface area contributed by atoms with Gasteiger partial charge in [-0.3, -0.25) is 0 Å². The lowest BCUT2D eigenvalue weighted by Crippen LogP contribution is -2.29. The Hall–Kier alpha value is -0.640. The fourth-order valence-electron chi connectivity index (χ4n) is 1.52. The van der Waals surface area contributed by atoms with E-state index in [1.54, 1.807) is 0 Å². The summed E-state index contributed by atoms with van der Waals surface area (Å²) in [6.07, 6.45) is 2.25. The number of aliphatic carboxylic acids is 1. The highest BCUT2D eigenvalue weighted by molar-refractivity contribution is 6.41. The molecule has 0 radical (unpaired) electrons. The van der Waals surface area contributed by atoms with E-state index in [1.165, 1.54) is 12.1 Å². The maximum atomic E-state index is 11.1. The molecule has 0 aliphatic rings. The third-order valence-corrected chi connectivity index (χ3v) is 3.28. The molecule has 0 heterocycles. The molecule has 100 valence electrons. The zero-order valence-electron chi connectivity index (χ0n) is 9.84. The fraction of sp³-hybridized carbons (Fsp3) is 0.417. The van der Waals surface area contributed by atoms with Crippen LogP contribution in [0.3, 0.4) is 0 Å². The standard InChI is InChI=1S/C12H14Cl3NO2/c1-2-3-4-10(12(17)18)16-11-8(14)5-7(13)6-9(11)15/h5-6,10,16H,2-4H2,1H3,(H,17,18). The van der Waals surface area contributed by atoms with Crippen molar-refractivity contribution in [3.63, 3.8) is 0 Å². The Bertz CT molecular complexity index is 414. The molecule has 1 aromatic carbocycles. The summed E-state index contributed by atoms with van der Waals surface area (Å²) in [6, 6.07) is 2.34. The van der Waals surface area contributed by atoms with Gasteiger partial charge >= 0.3 is 5.97 Å². The molecular formula is C12H14Cl3NO2. The van der Waals surface area contributed by atoms with Crippen molar-refractivity contribution in [2.45, 2.75) is 32.2 Å². The number of benzene rings is 1. The first-order valence-electron chi connectivity index (χ1n) is 5.59. The highest BCUT2D eigenvalue weighted by Crippen LogP contribution is 2.34. The molecule has 0 aliphatic carbocycles. The van der Waals surface area contributed by atoms with Crippen LogP contribution >= 0.6 is 34.8 Å². The summed E-state index contributed by atoms with van der Waals surface area (Å²) >= 11 is 17.8. The van der Waals surface area contributed by atoms with Gasteiger partial charge in [0.1, 0.15) is 6.04 Å². The van der Waals surface area contributed by atoms with Crippen molar-refractivity contribution >= 4 is 46.5 Å². The molecule has 6 heteroatoms. The number of carbonyl (C=O) groups is 1. The van der Waals surface area contributed by atoms with Crippen molar-refractivity contribution in [2.75, 3.05) is 5.32 Å². The Kier molecular flexibility index (Phi) is 6.06. The van der Waals surface area contributed by atoms with Gasteiger partial charge in [-0.15, -0.1) is 0 Å². The number of carboxylic acids is 1. The van der Waals surface area contributed by atoms with E-state index < -0.39 is 12.0 Å². The van der Waals surface area contributed by atoms with Gasteiger partial charge in [0.2, 0.25) is 0 Å². The Morgan fingerprint density at radius 1 is 1.33 bits per heavy atom. The summed E-state index contributed by atoms with van der Waals surface area (Å²) in [6.45, 7) is 2.00. The molecule has 1 unspecified atom stereocenters. The summed E-state index contributed by atoms with van der Waals surface area (Å²) in [5.74, 6) is -0.925. The third-order valence-electron chi connectivity index (χ3n) is 2.47. The monoisotopic (exact) mass is 309 g/mol. The van der Waals surface area contributed by atoms with E-state index in [9.17, 15) is 4.79 Å². The first-order valence-corrected chi connectivity index (χ1v) is 6.73. The van der Waals surface area contributed by atoms with Crippen molar-refractivity contribution in [1.29, 1.82) is 0 Å². The van der Waals surface area contributed by atoms with E-state index >= 15 is 0 Å². The van der Waals surface area contributed by atoms with Crippen LogP contribution in [0.4, 0.5) is 5.69 Å². The summed E-state index contributed by atoms with van der Waals surface area (Å²) < 4.78 is 0. The second kappa shape index (κ2) is 7.07. The molecule has 1 atom stereocenters. The minimum Gasteiger partial charge on any atom is -0.480 e. The highest BCUT2D eigenvalue weighted by atomic mass is 35.5. The molecule has 1 rings (SSSR count). The molecule has 0 bridgehead atoms. The Morgan fingerprint density at radius 2 is 1.89 bits per heavy atom. The first-order chi connectivity index (χ1) is 8.45. The largest absolute Gasteiger partial charge is 0.480 e. The van der Waals surface area contributed by atoms with Crippen molar-refractivity contribution in [3.8, 4) is 0 Å². The summed E-state index contributed by atoms with van der Waals surface area (Å²) in [5.41, 5.74) is 0.409. The van der Waals surface area contributed by atoms with E-state index in [4.69, 9.17) is 39.9 Å². The third kappa shape index (κ3) is 4.23. The van der Waals surface area contributed by atoms with E-state index in [2.05, 4.69) is 5.32 Å². The van der Waals surface area contributed by atoms with Gasteiger partial charge in [0.25, 0.3) is 0 Å². The van der Waals surface area contributed by atoms with Gasteiger partial charge < -0.3 is 10.4 Å². The molecule has 18 heavy (non-hydrogen) atoms. The molecule has 0 amide bonds. The van der Waals surface area contributed by atoms with Crippen LogP contribution in [0, 0.1) is 0 Å². The summed E-state index contributed by atoms with van der Waals surface area (Å²) in [4.78, 5) is 11.1. The van der Waals surface area contributed by atoms with E-state index in [0.717, 1.165) is 12.8 Å². The van der Waals surface area contributed by atoms with Crippen LogP contribution in [0.5, 0.6) is 0 Å². The molecule has 1 aromatic rings. The smallest absolute Gasteiger partial charge is 0.326 e. The number of hydrogen-bond donors (Lipinski definition) is 2. The fourth-order valence-corrected chi connectivity index (χ4v) is 2.45. The SMILES string of the molecule is CCCCC(Nc1c(Cl)cc(Cl)cc1Cl)C(=O)O.